The molecule has 1 aliphatic heterocycles. The fraction of sp³-hybridized carbons (Fsp3) is 0.342. The quantitative estimate of drug-likeness (QED) is 0.160. The fourth-order valence-electron chi connectivity index (χ4n) is 5.63. The van der Waals surface area contributed by atoms with Gasteiger partial charge in [0.05, 0.1) is 0 Å². The van der Waals surface area contributed by atoms with Crippen LogP contribution in [0.5, 0.6) is 0 Å². The van der Waals surface area contributed by atoms with Crippen molar-refractivity contribution in [3.05, 3.63) is 113 Å². The average molecular weight is 702 g/mol. The number of halogens is 1. The van der Waals surface area contributed by atoms with Crippen LogP contribution in [0.15, 0.2) is 91.0 Å². The maximum atomic E-state index is 13.9. The minimum absolute atomic E-state index is 0.0296. The number of primary amides is 1. The van der Waals surface area contributed by atoms with Gasteiger partial charge in [-0.1, -0.05) is 92.2 Å². The first-order valence-corrected chi connectivity index (χ1v) is 17.0. The summed E-state index contributed by atoms with van der Waals surface area (Å²) >= 11 is 6.12. The van der Waals surface area contributed by atoms with Gasteiger partial charge >= 0.3 is 6.09 Å². The third-order valence-corrected chi connectivity index (χ3v) is 8.38. The molecule has 0 spiro atoms. The van der Waals surface area contributed by atoms with Crippen molar-refractivity contribution in [2.75, 3.05) is 11.4 Å². The normalized spacial score (nSPS) is 14.0. The molecule has 0 bridgehead atoms. The van der Waals surface area contributed by atoms with Crippen molar-refractivity contribution in [3.8, 4) is 0 Å². The maximum absolute atomic E-state index is 13.9. The Bertz CT molecular complexity index is 1670. The highest BCUT2D eigenvalue weighted by atomic mass is 35.5. The molecule has 3 aromatic carbocycles. The minimum atomic E-state index is -1.06. The van der Waals surface area contributed by atoms with Crippen molar-refractivity contribution >= 4 is 47.0 Å². The van der Waals surface area contributed by atoms with Crippen LogP contribution >= 0.6 is 11.6 Å². The number of hydrogen-bond donors (Lipinski definition) is 4. The van der Waals surface area contributed by atoms with E-state index < -0.39 is 41.9 Å². The van der Waals surface area contributed by atoms with Crippen LogP contribution in [-0.2, 0) is 43.4 Å². The van der Waals surface area contributed by atoms with Gasteiger partial charge in [0.1, 0.15) is 18.7 Å². The van der Waals surface area contributed by atoms with E-state index in [2.05, 4.69) is 16.0 Å². The number of benzene rings is 3. The number of anilines is 1. The second kappa shape index (κ2) is 18.6. The summed E-state index contributed by atoms with van der Waals surface area (Å²) in [4.78, 5) is 66.8. The zero-order valence-electron chi connectivity index (χ0n) is 28.3. The van der Waals surface area contributed by atoms with Gasteiger partial charge in [-0.3, -0.25) is 19.2 Å². The van der Waals surface area contributed by atoms with Gasteiger partial charge in [0.25, 0.3) is 5.91 Å². The zero-order valence-corrected chi connectivity index (χ0v) is 29.0. The fourth-order valence-corrected chi connectivity index (χ4v) is 5.82. The van der Waals surface area contributed by atoms with E-state index in [1.54, 1.807) is 17.0 Å². The lowest BCUT2D eigenvalue weighted by Gasteiger charge is -2.25. The van der Waals surface area contributed by atoms with Crippen molar-refractivity contribution in [1.82, 2.24) is 16.0 Å². The van der Waals surface area contributed by atoms with E-state index in [1.807, 2.05) is 80.6 Å². The number of nitrogens with zero attached hydrogens (tertiary/aromatic N) is 1. The average Bonchev–Trinajstić information content (AvgIpc) is 3.51. The molecule has 3 aromatic rings. The predicted octanol–water partition coefficient (Wildman–Crippen LogP) is 4.60. The Morgan fingerprint density at radius 3 is 2.20 bits per heavy atom. The van der Waals surface area contributed by atoms with Gasteiger partial charge in [-0.15, -0.1) is 0 Å². The highest BCUT2D eigenvalue weighted by molar-refractivity contribution is 6.30. The number of ether oxygens (including phenoxy) is 1. The Labute approximate surface area is 297 Å². The molecule has 0 radical (unpaired) electrons. The van der Waals surface area contributed by atoms with Gasteiger partial charge in [-0.05, 0) is 60.1 Å². The highest BCUT2D eigenvalue weighted by Crippen LogP contribution is 2.30. The number of carbonyl (C=O) groups excluding carboxylic acids is 5. The molecule has 0 aromatic heterocycles. The van der Waals surface area contributed by atoms with Gasteiger partial charge in [-0.25, -0.2) is 4.79 Å². The number of rotatable bonds is 16. The Hall–Kier alpha value is -5.16. The third kappa shape index (κ3) is 11.8. The van der Waals surface area contributed by atoms with E-state index in [4.69, 9.17) is 22.1 Å². The number of amides is 5. The van der Waals surface area contributed by atoms with E-state index in [0.717, 1.165) is 22.4 Å². The number of nitrogens with two attached hydrogens (primary N) is 1. The van der Waals surface area contributed by atoms with Gasteiger partial charge in [0.2, 0.25) is 17.7 Å². The number of fused-ring (bicyclic) bond motifs is 1. The maximum Gasteiger partial charge on any atom is 0.408 e. The summed E-state index contributed by atoms with van der Waals surface area (Å²) in [6.07, 6.45) is 3.32. The first-order chi connectivity index (χ1) is 24.0. The molecule has 3 atom stereocenters. The summed E-state index contributed by atoms with van der Waals surface area (Å²) in [6.45, 7) is 4.34. The summed E-state index contributed by atoms with van der Waals surface area (Å²) in [5.74, 6) is -1.92. The lowest BCUT2D eigenvalue weighted by molar-refractivity contribution is -0.130. The Morgan fingerprint density at radius 1 is 0.880 bits per heavy atom. The number of hydrogen-bond acceptors (Lipinski definition) is 6. The largest absolute Gasteiger partial charge is 0.445 e. The second-order valence-corrected chi connectivity index (χ2v) is 13.1. The van der Waals surface area contributed by atoms with E-state index in [9.17, 15) is 24.0 Å². The van der Waals surface area contributed by atoms with Crippen molar-refractivity contribution in [2.45, 2.75) is 70.7 Å². The van der Waals surface area contributed by atoms with E-state index >= 15 is 0 Å². The Balaban J connectivity index is 1.48. The molecule has 5 amide bonds. The van der Waals surface area contributed by atoms with Crippen LogP contribution in [-0.4, -0.2) is 54.4 Å². The molecule has 0 fully saturated rings. The summed E-state index contributed by atoms with van der Waals surface area (Å²) in [7, 11) is 0. The van der Waals surface area contributed by atoms with E-state index in [1.165, 1.54) is 12.2 Å². The monoisotopic (exact) mass is 701 g/mol. The van der Waals surface area contributed by atoms with Crippen LogP contribution in [0.2, 0.25) is 5.02 Å². The first-order valence-electron chi connectivity index (χ1n) is 16.7. The predicted molar refractivity (Wildman–Crippen MR) is 192 cm³/mol. The molecule has 1 aliphatic rings. The van der Waals surface area contributed by atoms with Gasteiger partial charge in [0, 0.05) is 42.2 Å². The lowest BCUT2D eigenvalue weighted by atomic mass is 10.0. The molecule has 0 unspecified atom stereocenters. The van der Waals surface area contributed by atoms with Gasteiger partial charge < -0.3 is 31.3 Å². The molecule has 264 valence electrons. The van der Waals surface area contributed by atoms with Crippen LogP contribution in [0.25, 0.3) is 0 Å². The molecule has 11 nitrogen and oxygen atoms in total. The summed E-state index contributed by atoms with van der Waals surface area (Å²) in [5, 5.41) is 8.95. The van der Waals surface area contributed by atoms with E-state index in [-0.39, 0.29) is 37.7 Å². The van der Waals surface area contributed by atoms with Crippen LogP contribution in [0.4, 0.5) is 10.5 Å². The highest BCUT2D eigenvalue weighted by Gasteiger charge is 2.29. The minimum Gasteiger partial charge on any atom is -0.445 e. The standard InChI is InChI=1S/C38H44ClN5O6/c1-25(2)21-31(43-38(49)50-24-27-11-7-4-8-12-27)37(48)42-32(22-26-9-5-3-6-10-26)36(47)41-30(14-17-34(40)45)15-18-35(46)44-20-19-28-23-29(39)13-16-33(28)44/h3-13,15-16,18,23,25,30-32H,14,17,19-22,24H2,1-2H3,(H2,40,45)(H,41,47)(H,42,48)(H,43,49)/b18-15+/t30-,31-,32-/m0/s1. The molecule has 4 rings (SSSR count). The molecular weight excluding hydrogens is 658 g/mol. The topological polar surface area (TPSA) is 160 Å². The molecule has 0 saturated heterocycles. The van der Waals surface area contributed by atoms with Crippen molar-refractivity contribution < 1.29 is 28.7 Å². The lowest BCUT2D eigenvalue weighted by Crippen LogP contribution is -2.55. The van der Waals surface area contributed by atoms with Crippen molar-refractivity contribution in [2.24, 2.45) is 11.7 Å². The number of carbonyl (C=O) groups is 5. The SMILES string of the molecule is CC(C)C[C@H](NC(=O)OCc1ccccc1)C(=O)N[C@@H](Cc1ccccc1)C(=O)N[C@H](/C=C/C(=O)N1CCc2cc(Cl)ccc21)CCC(N)=O. The Kier molecular flexibility index (Phi) is 14.0. The van der Waals surface area contributed by atoms with Crippen LogP contribution < -0.4 is 26.6 Å². The van der Waals surface area contributed by atoms with Crippen LogP contribution in [0.3, 0.4) is 0 Å². The van der Waals surface area contributed by atoms with Gasteiger partial charge in [-0.2, -0.15) is 0 Å². The second-order valence-electron chi connectivity index (χ2n) is 12.6. The Morgan fingerprint density at radius 2 is 1.54 bits per heavy atom. The van der Waals surface area contributed by atoms with E-state index in [0.29, 0.717) is 24.4 Å². The third-order valence-electron chi connectivity index (χ3n) is 8.15. The summed E-state index contributed by atoms with van der Waals surface area (Å²) in [5.41, 5.74) is 8.74. The molecular formula is C38H44ClN5O6. The van der Waals surface area contributed by atoms with Crippen molar-refractivity contribution in [1.29, 1.82) is 0 Å². The zero-order chi connectivity index (χ0) is 36.0. The van der Waals surface area contributed by atoms with Crippen molar-refractivity contribution in [3.63, 3.8) is 0 Å². The molecule has 0 saturated carbocycles. The molecule has 5 N–H and O–H groups in total. The van der Waals surface area contributed by atoms with Crippen LogP contribution in [0.1, 0.15) is 49.8 Å². The molecule has 50 heavy (non-hydrogen) atoms. The molecule has 0 aliphatic carbocycles. The molecule has 1 heterocycles. The summed E-state index contributed by atoms with van der Waals surface area (Å²) in [6, 6.07) is 20.9. The summed E-state index contributed by atoms with van der Waals surface area (Å²) < 4.78 is 5.35. The van der Waals surface area contributed by atoms with Gasteiger partial charge in [0.15, 0.2) is 0 Å². The first kappa shape index (κ1) is 37.7. The number of nitrogens with one attached hydrogen (secondary N) is 3. The molecule has 12 heteroatoms. The smallest absolute Gasteiger partial charge is 0.408 e. The number of alkyl carbamates (subject to hydrolysis) is 1. The van der Waals surface area contributed by atoms with Crippen LogP contribution in [0, 0.1) is 5.92 Å².